The summed E-state index contributed by atoms with van der Waals surface area (Å²) in [4.78, 5) is 24.5. The maximum atomic E-state index is 12.3. The molecule has 0 radical (unpaired) electrons. The Kier molecular flexibility index (Phi) is 7.25. The lowest BCUT2D eigenvalue weighted by Gasteiger charge is -2.21. The molecule has 0 aliphatic carbocycles. The SMILES string of the molecule is CC(C)[C@@H]1OCC[C@H]1C(=O)NNC(=O)COc1ccccc1Cc1ccccc1. The van der Waals surface area contributed by atoms with Gasteiger partial charge in [-0.15, -0.1) is 0 Å². The molecular weight excluding hydrogens is 368 g/mol. The standard InChI is InChI=1S/C23H28N2O4/c1-16(2)22-19(12-13-28-22)23(27)25-24-21(26)15-29-20-11-7-6-10-18(20)14-17-8-4-3-5-9-17/h3-11,16,19,22H,12-15H2,1-2H3,(H,24,26)(H,25,27)/t19-,22+/m1/s1. The first kappa shape index (κ1) is 20.9. The van der Waals surface area contributed by atoms with Crippen molar-refractivity contribution in [3.8, 4) is 5.75 Å². The molecule has 1 aliphatic rings. The average Bonchev–Trinajstić information content (AvgIpc) is 3.22. The van der Waals surface area contributed by atoms with E-state index in [0.29, 0.717) is 25.2 Å². The van der Waals surface area contributed by atoms with Crippen molar-refractivity contribution in [3.05, 3.63) is 65.7 Å². The first-order valence-corrected chi connectivity index (χ1v) is 9.99. The van der Waals surface area contributed by atoms with Crippen LogP contribution in [0.15, 0.2) is 54.6 Å². The summed E-state index contributed by atoms with van der Waals surface area (Å²) in [6.07, 6.45) is 1.26. The summed E-state index contributed by atoms with van der Waals surface area (Å²) >= 11 is 0. The van der Waals surface area contributed by atoms with Gasteiger partial charge in [0, 0.05) is 13.0 Å². The van der Waals surface area contributed by atoms with Crippen molar-refractivity contribution >= 4 is 11.8 Å². The molecule has 0 unspecified atom stereocenters. The quantitative estimate of drug-likeness (QED) is 0.706. The topological polar surface area (TPSA) is 76.7 Å². The molecular formula is C23H28N2O4. The number of nitrogens with one attached hydrogen (secondary N) is 2. The summed E-state index contributed by atoms with van der Waals surface area (Å²) in [5, 5.41) is 0. The molecule has 2 N–H and O–H groups in total. The normalized spacial score (nSPS) is 18.4. The maximum absolute atomic E-state index is 12.3. The van der Waals surface area contributed by atoms with Crippen LogP contribution in [-0.4, -0.2) is 31.1 Å². The molecule has 0 spiro atoms. The second-order valence-corrected chi connectivity index (χ2v) is 7.57. The number of hydrogen-bond donors (Lipinski definition) is 2. The fourth-order valence-electron chi connectivity index (χ4n) is 3.56. The van der Waals surface area contributed by atoms with Crippen LogP contribution >= 0.6 is 0 Å². The molecule has 3 rings (SSSR count). The van der Waals surface area contributed by atoms with Crippen LogP contribution in [0.1, 0.15) is 31.4 Å². The van der Waals surface area contributed by atoms with Crippen LogP contribution in [0, 0.1) is 11.8 Å². The van der Waals surface area contributed by atoms with E-state index < -0.39 is 5.91 Å². The predicted octanol–water partition coefficient (Wildman–Crippen LogP) is 2.86. The van der Waals surface area contributed by atoms with E-state index in [1.807, 2.05) is 56.3 Å². The van der Waals surface area contributed by atoms with E-state index in [2.05, 4.69) is 23.0 Å². The number of amides is 2. The molecule has 6 heteroatoms. The van der Waals surface area contributed by atoms with Gasteiger partial charge in [-0.3, -0.25) is 20.4 Å². The third kappa shape index (κ3) is 5.81. The molecule has 1 saturated heterocycles. The first-order chi connectivity index (χ1) is 14.0. The van der Waals surface area contributed by atoms with Gasteiger partial charge in [0.05, 0.1) is 12.0 Å². The van der Waals surface area contributed by atoms with Gasteiger partial charge < -0.3 is 9.47 Å². The molecule has 0 aromatic heterocycles. The third-order valence-electron chi connectivity index (χ3n) is 5.02. The zero-order chi connectivity index (χ0) is 20.6. The molecule has 1 heterocycles. The Labute approximate surface area is 171 Å². The summed E-state index contributed by atoms with van der Waals surface area (Å²) < 4.78 is 11.3. The van der Waals surface area contributed by atoms with Gasteiger partial charge in [0.25, 0.3) is 5.91 Å². The van der Waals surface area contributed by atoms with Gasteiger partial charge in [-0.2, -0.15) is 0 Å². The zero-order valence-electron chi connectivity index (χ0n) is 16.9. The lowest BCUT2D eigenvalue weighted by Crippen LogP contribution is -2.48. The number of ether oxygens (including phenoxy) is 2. The van der Waals surface area contributed by atoms with E-state index in [1.165, 1.54) is 5.56 Å². The predicted molar refractivity (Wildman–Crippen MR) is 110 cm³/mol. The van der Waals surface area contributed by atoms with Gasteiger partial charge in [0.2, 0.25) is 5.91 Å². The lowest BCUT2D eigenvalue weighted by atomic mass is 9.92. The summed E-state index contributed by atoms with van der Waals surface area (Å²) in [5.74, 6) is 0.0185. The molecule has 154 valence electrons. The number of hydrogen-bond acceptors (Lipinski definition) is 4. The van der Waals surface area contributed by atoms with E-state index in [1.54, 1.807) is 0 Å². The van der Waals surface area contributed by atoms with Crippen LogP contribution in [-0.2, 0) is 20.7 Å². The fraction of sp³-hybridized carbons (Fsp3) is 0.391. The van der Waals surface area contributed by atoms with Crippen molar-refractivity contribution in [2.75, 3.05) is 13.2 Å². The smallest absolute Gasteiger partial charge is 0.276 e. The van der Waals surface area contributed by atoms with E-state index in [4.69, 9.17) is 9.47 Å². The molecule has 1 aliphatic heterocycles. The third-order valence-corrected chi connectivity index (χ3v) is 5.02. The zero-order valence-corrected chi connectivity index (χ0v) is 16.9. The van der Waals surface area contributed by atoms with Gasteiger partial charge in [-0.05, 0) is 29.5 Å². The lowest BCUT2D eigenvalue weighted by molar-refractivity contribution is -0.133. The molecule has 0 saturated carbocycles. The Hall–Kier alpha value is -2.86. The Morgan fingerprint density at radius 1 is 1.07 bits per heavy atom. The van der Waals surface area contributed by atoms with Crippen molar-refractivity contribution in [2.45, 2.75) is 32.8 Å². The van der Waals surface area contributed by atoms with Crippen molar-refractivity contribution in [1.29, 1.82) is 0 Å². The number of carbonyl (C=O) groups is 2. The minimum atomic E-state index is -0.409. The van der Waals surface area contributed by atoms with E-state index in [9.17, 15) is 9.59 Å². The van der Waals surface area contributed by atoms with Gasteiger partial charge >= 0.3 is 0 Å². The summed E-state index contributed by atoms with van der Waals surface area (Å²) in [5.41, 5.74) is 7.10. The molecule has 1 fully saturated rings. The number of hydrazine groups is 1. The summed E-state index contributed by atoms with van der Waals surface area (Å²) in [6.45, 7) is 4.43. The molecule has 0 bridgehead atoms. The number of para-hydroxylation sites is 1. The summed E-state index contributed by atoms with van der Waals surface area (Å²) in [6, 6.07) is 17.7. The highest BCUT2D eigenvalue weighted by atomic mass is 16.5. The molecule has 2 aromatic rings. The molecule has 2 atom stereocenters. The van der Waals surface area contributed by atoms with Crippen molar-refractivity contribution < 1.29 is 19.1 Å². The van der Waals surface area contributed by atoms with E-state index in [-0.39, 0.29) is 30.5 Å². The van der Waals surface area contributed by atoms with Crippen LogP contribution in [0.3, 0.4) is 0 Å². The van der Waals surface area contributed by atoms with Gasteiger partial charge in [0.15, 0.2) is 6.61 Å². The molecule has 2 amide bonds. The highest BCUT2D eigenvalue weighted by molar-refractivity contribution is 5.84. The van der Waals surface area contributed by atoms with E-state index in [0.717, 1.165) is 5.56 Å². The van der Waals surface area contributed by atoms with Crippen molar-refractivity contribution in [3.63, 3.8) is 0 Å². The minimum absolute atomic E-state index is 0.118. The number of benzene rings is 2. The highest BCUT2D eigenvalue weighted by Gasteiger charge is 2.36. The Balaban J connectivity index is 1.49. The second kappa shape index (κ2) is 10.1. The second-order valence-electron chi connectivity index (χ2n) is 7.57. The van der Waals surface area contributed by atoms with Crippen LogP contribution in [0.25, 0.3) is 0 Å². The first-order valence-electron chi connectivity index (χ1n) is 9.99. The van der Waals surface area contributed by atoms with E-state index >= 15 is 0 Å². The monoisotopic (exact) mass is 396 g/mol. The van der Waals surface area contributed by atoms with Crippen LogP contribution < -0.4 is 15.6 Å². The minimum Gasteiger partial charge on any atom is -0.483 e. The fourth-order valence-corrected chi connectivity index (χ4v) is 3.56. The number of carbonyl (C=O) groups excluding carboxylic acids is 2. The average molecular weight is 396 g/mol. The molecule has 2 aromatic carbocycles. The molecule has 6 nitrogen and oxygen atoms in total. The highest BCUT2D eigenvalue weighted by Crippen LogP contribution is 2.26. The summed E-state index contributed by atoms with van der Waals surface area (Å²) in [7, 11) is 0. The Morgan fingerprint density at radius 3 is 2.55 bits per heavy atom. The van der Waals surface area contributed by atoms with Gasteiger partial charge in [0.1, 0.15) is 5.75 Å². The molecule has 29 heavy (non-hydrogen) atoms. The largest absolute Gasteiger partial charge is 0.483 e. The van der Waals surface area contributed by atoms with Crippen LogP contribution in [0.5, 0.6) is 5.75 Å². The van der Waals surface area contributed by atoms with Gasteiger partial charge in [-0.25, -0.2) is 0 Å². The van der Waals surface area contributed by atoms with Crippen LogP contribution in [0.4, 0.5) is 0 Å². The Morgan fingerprint density at radius 2 is 1.79 bits per heavy atom. The van der Waals surface area contributed by atoms with Crippen molar-refractivity contribution in [1.82, 2.24) is 10.9 Å². The maximum Gasteiger partial charge on any atom is 0.276 e. The van der Waals surface area contributed by atoms with Crippen LogP contribution in [0.2, 0.25) is 0 Å². The number of rotatable bonds is 7. The Bertz CT molecular complexity index is 823. The van der Waals surface area contributed by atoms with Crippen molar-refractivity contribution in [2.24, 2.45) is 11.8 Å². The van der Waals surface area contributed by atoms with Gasteiger partial charge in [-0.1, -0.05) is 62.4 Å².